The third kappa shape index (κ3) is 2.30. The molecule has 0 saturated carbocycles. The van der Waals surface area contributed by atoms with Gasteiger partial charge in [-0.1, -0.05) is 26.3 Å². The summed E-state index contributed by atoms with van der Waals surface area (Å²) in [7, 11) is -1.18. The molecular weight excluding hydrogens is 148 g/mol. The molecule has 1 aliphatic rings. The largest absolute Gasteiger partial charge is 0.167 e. The van der Waals surface area contributed by atoms with Gasteiger partial charge in [-0.3, -0.25) is 0 Å². The lowest BCUT2D eigenvalue weighted by molar-refractivity contribution is 0.542. The predicted molar refractivity (Wildman–Crippen MR) is 45.5 cm³/mol. The fraction of sp³-hybridized carbons (Fsp3) is 1.00. The highest BCUT2D eigenvalue weighted by atomic mass is 35.6. The molecule has 0 unspecified atom stereocenters. The SMILES string of the molecule is C[C@H]1CCC[Si@@](C)(Cl)C1. The van der Waals surface area contributed by atoms with E-state index in [1.165, 1.54) is 24.9 Å². The lowest BCUT2D eigenvalue weighted by Crippen LogP contribution is -2.28. The lowest BCUT2D eigenvalue weighted by atomic mass is 10.1. The molecule has 0 amide bonds. The molecule has 1 fully saturated rings. The van der Waals surface area contributed by atoms with Crippen LogP contribution in [0.25, 0.3) is 0 Å². The Labute approximate surface area is 63.3 Å². The number of hydrogen-bond acceptors (Lipinski definition) is 0. The standard InChI is InChI=1S/C7H15ClSi/c1-7-4-3-5-9(2,8)6-7/h7H,3-6H2,1-2H3/t7-,9+/m0/s1. The van der Waals surface area contributed by atoms with E-state index in [0.29, 0.717) is 0 Å². The van der Waals surface area contributed by atoms with Crippen LogP contribution in [0.2, 0.25) is 18.6 Å². The van der Waals surface area contributed by atoms with Crippen molar-refractivity contribution in [1.82, 2.24) is 0 Å². The topological polar surface area (TPSA) is 0 Å². The summed E-state index contributed by atoms with van der Waals surface area (Å²) in [6, 6.07) is 2.69. The number of rotatable bonds is 0. The van der Waals surface area contributed by atoms with Crippen LogP contribution in [0.15, 0.2) is 0 Å². The van der Waals surface area contributed by atoms with Crippen LogP contribution in [0.4, 0.5) is 0 Å². The Morgan fingerprint density at radius 3 is 2.56 bits per heavy atom. The summed E-state index contributed by atoms with van der Waals surface area (Å²) in [5.41, 5.74) is 0. The van der Waals surface area contributed by atoms with Crippen LogP contribution in [0.3, 0.4) is 0 Å². The Hall–Kier alpha value is 0.507. The van der Waals surface area contributed by atoms with Gasteiger partial charge in [-0.15, -0.1) is 0 Å². The van der Waals surface area contributed by atoms with E-state index in [-0.39, 0.29) is 0 Å². The first-order valence-corrected chi connectivity index (χ1v) is 7.72. The van der Waals surface area contributed by atoms with Crippen molar-refractivity contribution in [2.75, 3.05) is 0 Å². The van der Waals surface area contributed by atoms with E-state index in [1.54, 1.807) is 0 Å². The second kappa shape index (κ2) is 2.63. The van der Waals surface area contributed by atoms with E-state index in [4.69, 9.17) is 11.1 Å². The Bertz CT molecular complexity index is 101. The minimum Gasteiger partial charge on any atom is -0.167 e. The van der Waals surface area contributed by atoms with E-state index < -0.39 is 7.38 Å². The molecule has 1 heterocycles. The van der Waals surface area contributed by atoms with E-state index in [9.17, 15) is 0 Å². The van der Waals surface area contributed by atoms with Crippen molar-refractivity contribution >= 4 is 18.5 Å². The molecule has 0 bridgehead atoms. The second-order valence-electron chi connectivity index (χ2n) is 3.61. The molecule has 9 heavy (non-hydrogen) atoms. The summed E-state index contributed by atoms with van der Waals surface area (Å²) in [5.74, 6) is 0.910. The van der Waals surface area contributed by atoms with E-state index >= 15 is 0 Å². The quantitative estimate of drug-likeness (QED) is 0.379. The minimum atomic E-state index is -1.18. The molecule has 0 spiro atoms. The van der Waals surface area contributed by atoms with Crippen LogP contribution in [0.1, 0.15) is 19.8 Å². The van der Waals surface area contributed by atoms with Gasteiger partial charge in [0.05, 0.1) is 0 Å². The van der Waals surface area contributed by atoms with Crippen LogP contribution >= 0.6 is 11.1 Å². The van der Waals surface area contributed by atoms with Crippen molar-refractivity contribution in [2.45, 2.75) is 38.4 Å². The predicted octanol–water partition coefficient (Wildman–Crippen LogP) is 3.23. The van der Waals surface area contributed by atoms with E-state index in [1.807, 2.05) is 0 Å². The molecule has 54 valence electrons. The number of hydrogen-bond donors (Lipinski definition) is 0. The van der Waals surface area contributed by atoms with Crippen molar-refractivity contribution in [3.05, 3.63) is 0 Å². The third-order valence-electron chi connectivity index (χ3n) is 2.17. The first-order chi connectivity index (χ1) is 4.10. The summed E-state index contributed by atoms with van der Waals surface area (Å²) in [5, 5.41) is 0. The maximum atomic E-state index is 6.31. The molecule has 1 saturated heterocycles. The van der Waals surface area contributed by atoms with Gasteiger partial charge in [0.25, 0.3) is 0 Å². The van der Waals surface area contributed by atoms with Crippen molar-refractivity contribution in [1.29, 1.82) is 0 Å². The molecule has 0 radical (unpaired) electrons. The van der Waals surface area contributed by atoms with E-state index in [0.717, 1.165) is 5.92 Å². The van der Waals surface area contributed by atoms with Crippen LogP contribution in [-0.4, -0.2) is 7.38 Å². The van der Waals surface area contributed by atoms with Crippen LogP contribution in [0.5, 0.6) is 0 Å². The number of halogens is 1. The summed E-state index contributed by atoms with van der Waals surface area (Å²) >= 11 is 6.31. The summed E-state index contributed by atoms with van der Waals surface area (Å²) in [6.07, 6.45) is 2.79. The smallest absolute Gasteiger partial charge is 0.153 e. The monoisotopic (exact) mass is 162 g/mol. The second-order valence-corrected chi connectivity index (χ2v) is 10.1. The van der Waals surface area contributed by atoms with Crippen molar-refractivity contribution in [2.24, 2.45) is 5.92 Å². The average Bonchev–Trinajstić information content (AvgIpc) is 1.60. The molecule has 0 aromatic carbocycles. The van der Waals surface area contributed by atoms with Gasteiger partial charge < -0.3 is 0 Å². The maximum Gasteiger partial charge on any atom is 0.153 e. The van der Waals surface area contributed by atoms with Gasteiger partial charge in [0.1, 0.15) is 0 Å². The zero-order chi connectivity index (χ0) is 6.91. The summed E-state index contributed by atoms with van der Waals surface area (Å²) in [4.78, 5) is 0. The highest BCUT2D eigenvalue weighted by Crippen LogP contribution is 2.34. The zero-order valence-corrected chi connectivity index (χ0v) is 8.04. The van der Waals surface area contributed by atoms with E-state index in [2.05, 4.69) is 13.5 Å². The molecule has 0 nitrogen and oxygen atoms in total. The first-order valence-electron chi connectivity index (χ1n) is 3.79. The maximum absolute atomic E-state index is 6.31. The van der Waals surface area contributed by atoms with Crippen LogP contribution in [0, 0.1) is 5.92 Å². The lowest BCUT2D eigenvalue weighted by Gasteiger charge is -2.28. The van der Waals surface area contributed by atoms with Gasteiger partial charge in [-0.05, 0) is 18.0 Å². The average molecular weight is 163 g/mol. The van der Waals surface area contributed by atoms with Gasteiger partial charge >= 0.3 is 0 Å². The van der Waals surface area contributed by atoms with Crippen molar-refractivity contribution in [3.63, 3.8) is 0 Å². The van der Waals surface area contributed by atoms with Gasteiger partial charge in [0.15, 0.2) is 7.38 Å². The van der Waals surface area contributed by atoms with Crippen LogP contribution < -0.4 is 0 Å². The third-order valence-corrected chi connectivity index (χ3v) is 6.14. The van der Waals surface area contributed by atoms with Gasteiger partial charge in [-0.2, -0.15) is 11.1 Å². The fourth-order valence-corrected chi connectivity index (χ4v) is 5.74. The molecule has 2 heteroatoms. The van der Waals surface area contributed by atoms with Gasteiger partial charge in [0, 0.05) is 0 Å². The molecule has 1 rings (SSSR count). The molecule has 0 N–H and O–H groups in total. The minimum absolute atomic E-state index is 0.910. The highest BCUT2D eigenvalue weighted by molar-refractivity contribution is 7.19. The Kier molecular flexibility index (Phi) is 2.22. The molecule has 2 atom stereocenters. The first kappa shape index (κ1) is 7.61. The summed E-state index contributed by atoms with van der Waals surface area (Å²) in [6.45, 7) is 4.62. The normalized spacial score (nSPS) is 45.0. The fourth-order valence-electron chi connectivity index (χ4n) is 1.75. The molecular formula is C7H15ClSi. The zero-order valence-electron chi connectivity index (χ0n) is 6.28. The van der Waals surface area contributed by atoms with Crippen LogP contribution in [-0.2, 0) is 0 Å². The Morgan fingerprint density at radius 1 is 1.56 bits per heavy atom. The van der Waals surface area contributed by atoms with Gasteiger partial charge in [-0.25, -0.2) is 0 Å². The van der Waals surface area contributed by atoms with Crippen molar-refractivity contribution in [3.8, 4) is 0 Å². The highest BCUT2D eigenvalue weighted by Gasteiger charge is 2.30. The Morgan fingerprint density at radius 2 is 2.22 bits per heavy atom. The molecule has 1 aliphatic heterocycles. The van der Waals surface area contributed by atoms with Crippen molar-refractivity contribution < 1.29 is 0 Å². The molecule has 0 aliphatic carbocycles. The van der Waals surface area contributed by atoms with Gasteiger partial charge in [0.2, 0.25) is 0 Å². The Balaban J connectivity index is 2.41. The molecule has 0 aromatic heterocycles. The summed E-state index contributed by atoms with van der Waals surface area (Å²) < 4.78 is 0. The molecule has 0 aromatic rings.